The van der Waals surface area contributed by atoms with Gasteiger partial charge in [-0.05, 0) is 28.1 Å². The highest BCUT2D eigenvalue weighted by atomic mass is 79.9. The molecule has 0 radical (unpaired) electrons. The molecule has 0 atom stereocenters. The second-order valence-corrected chi connectivity index (χ2v) is 3.74. The number of rotatable bonds is 5. The topological polar surface area (TPSA) is 27.7 Å². The summed E-state index contributed by atoms with van der Waals surface area (Å²) in [6.07, 6.45) is -0.619. The van der Waals surface area contributed by atoms with Crippen LogP contribution in [0.4, 0.5) is 8.78 Å². The Kier molecular flexibility index (Phi) is 5.11. The van der Waals surface area contributed by atoms with Crippen LogP contribution in [0.1, 0.15) is 0 Å². The highest BCUT2D eigenvalue weighted by Gasteiger charge is 2.14. The molecule has 0 fully saturated rings. The Bertz CT molecular complexity index is 356. The summed E-state index contributed by atoms with van der Waals surface area (Å²) < 4.78 is 41.2. The summed E-state index contributed by atoms with van der Waals surface area (Å²) in [5.41, 5.74) is 0. The van der Waals surface area contributed by atoms with E-state index in [0.29, 0.717) is 0 Å². The minimum Gasteiger partial charge on any atom is -0.485 e. The van der Waals surface area contributed by atoms with Gasteiger partial charge in [0.25, 0.3) is 0 Å². The van der Waals surface area contributed by atoms with Crippen LogP contribution in [0.5, 0.6) is 5.75 Å². The predicted molar refractivity (Wildman–Crippen MR) is 57.4 cm³/mol. The van der Waals surface area contributed by atoms with Crippen LogP contribution in [0, 0.1) is 11.6 Å². The van der Waals surface area contributed by atoms with E-state index in [1.165, 1.54) is 26.4 Å². The minimum absolute atomic E-state index is 0.0228. The van der Waals surface area contributed by atoms with Gasteiger partial charge in [0, 0.05) is 14.2 Å². The van der Waals surface area contributed by atoms with Gasteiger partial charge in [-0.25, -0.2) is 4.39 Å². The van der Waals surface area contributed by atoms with Crippen molar-refractivity contribution in [1.82, 2.24) is 0 Å². The van der Waals surface area contributed by atoms with Crippen molar-refractivity contribution >= 4 is 15.9 Å². The molecule has 0 amide bonds. The van der Waals surface area contributed by atoms with Crippen LogP contribution in [-0.4, -0.2) is 27.1 Å². The minimum atomic E-state index is -1.04. The molecule has 0 spiro atoms. The Hall–Kier alpha value is -0.720. The van der Waals surface area contributed by atoms with Crippen molar-refractivity contribution in [3.63, 3.8) is 0 Å². The first kappa shape index (κ1) is 13.3. The Labute approximate surface area is 100 Å². The van der Waals surface area contributed by atoms with Crippen molar-refractivity contribution in [2.45, 2.75) is 6.29 Å². The first-order chi connectivity index (χ1) is 7.60. The zero-order valence-electron chi connectivity index (χ0n) is 8.80. The zero-order valence-corrected chi connectivity index (χ0v) is 10.4. The third kappa shape index (κ3) is 3.13. The van der Waals surface area contributed by atoms with Gasteiger partial charge in [0.2, 0.25) is 5.82 Å². The number of hydrogen-bond acceptors (Lipinski definition) is 3. The average molecular weight is 297 g/mol. The SMILES string of the molecule is COC(COc1ccc(Br)c(F)c1F)OC. The number of benzene rings is 1. The monoisotopic (exact) mass is 296 g/mol. The van der Waals surface area contributed by atoms with E-state index in [0.717, 1.165) is 0 Å². The summed E-state index contributed by atoms with van der Waals surface area (Å²) in [6.45, 7) is -0.0228. The van der Waals surface area contributed by atoms with Crippen LogP contribution in [0.2, 0.25) is 0 Å². The lowest BCUT2D eigenvalue weighted by Gasteiger charge is -2.14. The van der Waals surface area contributed by atoms with Crippen LogP contribution in [-0.2, 0) is 9.47 Å². The average Bonchev–Trinajstić information content (AvgIpc) is 2.30. The van der Waals surface area contributed by atoms with Crippen LogP contribution in [0.15, 0.2) is 16.6 Å². The number of hydrogen-bond donors (Lipinski definition) is 0. The summed E-state index contributed by atoms with van der Waals surface area (Å²) in [4.78, 5) is 0. The lowest BCUT2D eigenvalue weighted by Crippen LogP contribution is -2.22. The molecule has 0 saturated heterocycles. The van der Waals surface area contributed by atoms with E-state index in [-0.39, 0.29) is 16.8 Å². The summed E-state index contributed by atoms with van der Waals surface area (Å²) in [5, 5.41) is 0. The van der Waals surface area contributed by atoms with E-state index in [9.17, 15) is 8.78 Å². The molecule has 3 nitrogen and oxygen atoms in total. The Morgan fingerprint density at radius 1 is 1.19 bits per heavy atom. The molecule has 1 aromatic rings. The predicted octanol–water partition coefficient (Wildman–Crippen LogP) is 2.73. The fourth-order valence-corrected chi connectivity index (χ4v) is 1.32. The summed E-state index contributed by atoms with van der Waals surface area (Å²) >= 11 is 2.87. The van der Waals surface area contributed by atoms with E-state index < -0.39 is 17.9 Å². The molecule has 0 aliphatic rings. The molecule has 0 heterocycles. The van der Waals surface area contributed by atoms with Crippen molar-refractivity contribution in [2.75, 3.05) is 20.8 Å². The summed E-state index contributed by atoms with van der Waals surface area (Å²) in [5.74, 6) is -2.20. The van der Waals surface area contributed by atoms with Gasteiger partial charge in [-0.1, -0.05) is 0 Å². The largest absolute Gasteiger partial charge is 0.485 e. The molecule has 0 aliphatic heterocycles. The molecule has 0 saturated carbocycles. The van der Waals surface area contributed by atoms with E-state index >= 15 is 0 Å². The maximum Gasteiger partial charge on any atom is 0.201 e. The van der Waals surface area contributed by atoms with Gasteiger partial charge in [0.1, 0.15) is 6.61 Å². The summed E-state index contributed by atoms with van der Waals surface area (Å²) in [7, 11) is 2.85. The molecule has 1 rings (SSSR count). The lowest BCUT2D eigenvalue weighted by atomic mass is 10.3. The Morgan fingerprint density at radius 2 is 1.81 bits per heavy atom. The molecule has 1 aromatic carbocycles. The highest BCUT2D eigenvalue weighted by molar-refractivity contribution is 9.10. The molecule has 0 bridgehead atoms. The molecule has 0 N–H and O–H groups in total. The van der Waals surface area contributed by atoms with E-state index in [4.69, 9.17) is 14.2 Å². The van der Waals surface area contributed by atoms with E-state index in [1.54, 1.807) is 0 Å². The van der Waals surface area contributed by atoms with Crippen molar-refractivity contribution in [1.29, 1.82) is 0 Å². The number of methoxy groups -OCH3 is 2. The van der Waals surface area contributed by atoms with Crippen LogP contribution in [0.25, 0.3) is 0 Å². The fourth-order valence-electron chi connectivity index (χ4n) is 1.01. The van der Waals surface area contributed by atoms with Gasteiger partial charge in [0.05, 0.1) is 4.47 Å². The maximum atomic E-state index is 13.3. The van der Waals surface area contributed by atoms with Gasteiger partial charge < -0.3 is 14.2 Å². The standard InChI is InChI=1S/C10H11BrF2O3/c1-14-8(15-2)5-16-7-4-3-6(11)9(12)10(7)13/h3-4,8H,5H2,1-2H3. The van der Waals surface area contributed by atoms with Gasteiger partial charge >= 0.3 is 0 Å². The smallest absolute Gasteiger partial charge is 0.201 e. The van der Waals surface area contributed by atoms with E-state index in [1.807, 2.05) is 0 Å². The number of ether oxygens (including phenoxy) is 3. The quantitative estimate of drug-likeness (QED) is 0.618. The molecular formula is C10H11BrF2O3. The van der Waals surface area contributed by atoms with E-state index in [2.05, 4.69) is 15.9 Å². The van der Waals surface area contributed by atoms with Crippen LogP contribution < -0.4 is 4.74 Å². The molecule has 6 heteroatoms. The first-order valence-corrected chi connectivity index (χ1v) is 5.21. The fraction of sp³-hybridized carbons (Fsp3) is 0.400. The second kappa shape index (κ2) is 6.12. The zero-order chi connectivity index (χ0) is 12.1. The lowest BCUT2D eigenvalue weighted by molar-refractivity contribution is -0.122. The van der Waals surface area contributed by atoms with Crippen LogP contribution in [0.3, 0.4) is 0 Å². The normalized spacial score (nSPS) is 10.9. The molecule has 0 aromatic heterocycles. The van der Waals surface area contributed by atoms with Crippen LogP contribution >= 0.6 is 15.9 Å². The van der Waals surface area contributed by atoms with Gasteiger partial charge in [-0.2, -0.15) is 4.39 Å². The van der Waals surface area contributed by atoms with Crippen molar-refractivity contribution in [3.8, 4) is 5.75 Å². The Morgan fingerprint density at radius 3 is 2.38 bits per heavy atom. The number of halogens is 3. The van der Waals surface area contributed by atoms with Crippen molar-refractivity contribution in [3.05, 3.63) is 28.2 Å². The first-order valence-electron chi connectivity index (χ1n) is 4.42. The summed E-state index contributed by atoms with van der Waals surface area (Å²) in [6, 6.07) is 2.69. The molecule has 0 aliphatic carbocycles. The molecule has 16 heavy (non-hydrogen) atoms. The molecule has 90 valence electrons. The van der Waals surface area contributed by atoms with Gasteiger partial charge in [0.15, 0.2) is 17.9 Å². The highest BCUT2D eigenvalue weighted by Crippen LogP contribution is 2.26. The van der Waals surface area contributed by atoms with Crippen molar-refractivity contribution < 1.29 is 23.0 Å². The second-order valence-electron chi connectivity index (χ2n) is 2.89. The maximum absolute atomic E-state index is 13.3. The van der Waals surface area contributed by atoms with Crippen molar-refractivity contribution in [2.24, 2.45) is 0 Å². The van der Waals surface area contributed by atoms with Gasteiger partial charge in [-0.15, -0.1) is 0 Å². The Balaban J connectivity index is 2.71. The van der Waals surface area contributed by atoms with Gasteiger partial charge in [-0.3, -0.25) is 0 Å². The molecule has 0 unspecified atom stereocenters. The third-order valence-corrected chi connectivity index (χ3v) is 2.51. The third-order valence-electron chi connectivity index (χ3n) is 1.90. The molecular weight excluding hydrogens is 286 g/mol.